The summed E-state index contributed by atoms with van der Waals surface area (Å²) in [5.41, 5.74) is 2.26. The molecule has 156 valence electrons. The fourth-order valence-electron chi connectivity index (χ4n) is 4.05. The van der Waals surface area contributed by atoms with Crippen LogP contribution in [0.25, 0.3) is 11.4 Å². The zero-order chi connectivity index (χ0) is 20.9. The number of hydrogen-bond acceptors (Lipinski definition) is 7. The number of anilines is 1. The number of nitrogens with zero attached hydrogens (tertiary/aromatic N) is 4. The Balaban J connectivity index is 1.43. The summed E-state index contributed by atoms with van der Waals surface area (Å²) in [6.07, 6.45) is 2.62. The van der Waals surface area contributed by atoms with Crippen molar-refractivity contribution < 1.29 is 17.7 Å². The topological polar surface area (TPSA) is 96.6 Å². The standard InChI is InChI=1S/C20H20N4O4S2/c1-13-10-14-6-2-3-7-16(14)24(13)30(26,27)17-11-15(12-29-17)18-21-19(28-22-18)20(25)23-8-4-5-9-23/h2-3,6-7,11-13H,4-5,8-10H2,1H3. The van der Waals surface area contributed by atoms with E-state index in [0.29, 0.717) is 25.1 Å². The minimum absolute atomic E-state index is 0.0652. The highest BCUT2D eigenvalue weighted by Crippen LogP contribution is 2.38. The maximum absolute atomic E-state index is 13.4. The lowest BCUT2D eigenvalue weighted by molar-refractivity contribution is 0.0743. The Kier molecular flexibility index (Phi) is 4.62. The Morgan fingerprint density at radius 3 is 2.80 bits per heavy atom. The van der Waals surface area contributed by atoms with Gasteiger partial charge in [-0.05, 0) is 43.9 Å². The van der Waals surface area contributed by atoms with E-state index in [2.05, 4.69) is 10.1 Å². The summed E-state index contributed by atoms with van der Waals surface area (Å²) in [6, 6.07) is 8.94. The van der Waals surface area contributed by atoms with E-state index in [1.165, 1.54) is 4.31 Å². The molecule has 1 saturated heterocycles. The second kappa shape index (κ2) is 7.21. The van der Waals surface area contributed by atoms with Crippen LogP contribution in [0.15, 0.2) is 44.4 Å². The number of carbonyl (C=O) groups is 1. The van der Waals surface area contributed by atoms with Crippen molar-refractivity contribution in [1.82, 2.24) is 15.0 Å². The van der Waals surface area contributed by atoms with Crippen LogP contribution in [0.3, 0.4) is 0 Å². The van der Waals surface area contributed by atoms with Crippen LogP contribution in [0.2, 0.25) is 0 Å². The predicted octanol–water partition coefficient (Wildman–Crippen LogP) is 3.17. The van der Waals surface area contributed by atoms with Gasteiger partial charge in [-0.25, -0.2) is 8.42 Å². The number of likely N-dealkylation sites (tertiary alicyclic amines) is 1. The van der Waals surface area contributed by atoms with Crippen LogP contribution < -0.4 is 4.31 Å². The molecule has 1 atom stereocenters. The van der Waals surface area contributed by atoms with Crippen molar-refractivity contribution in [1.29, 1.82) is 0 Å². The van der Waals surface area contributed by atoms with Crippen LogP contribution in [0.4, 0.5) is 5.69 Å². The summed E-state index contributed by atoms with van der Waals surface area (Å²) in [7, 11) is -3.72. The molecule has 5 rings (SSSR count). The second-order valence-electron chi connectivity index (χ2n) is 7.56. The molecule has 2 aliphatic rings. The first-order valence-corrected chi connectivity index (χ1v) is 12.1. The van der Waals surface area contributed by atoms with Crippen LogP contribution in [-0.4, -0.2) is 48.5 Å². The van der Waals surface area contributed by atoms with Gasteiger partial charge in [0.15, 0.2) is 0 Å². The summed E-state index contributed by atoms with van der Waals surface area (Å²) in [5.74, 6) is -0.133. The van der Waals surface area contributed by atoms with E-state index in [-0.39, 0.29) is 27.9 Å². The zero-order valence-corrected chi connectivity index (χ0v) is 17.9. The van der Waals surface area contributed by atoms with Crippen molar-refractivity contribution in [3.8, 4) is 11.4 Å². The number of benzene rings is 1. The molecule has 3 aromatic rings. The van der Waals surface area contributed by atoms with Crippen molar-refractivity contribution in [3.63, 3.8) is 0 Å². The van der Waals surface area contributed by atoms with E-state index >= 15 is 0 Å². The van der Waals surface area contributed by atoms with Crippen LogP contribution in [0, 0.1) is 0 Å². The monoisotopic (exact) mass is 444 g/mol. The third-order valence-electron chi connectivity index (χ3n) is 5.49. The first kappa shape index (κ1) is 19.3. The van der Waals surface area contributed by atoms with Crippen LogP contribution in [0.5, 0.6) is 0 Å². The third kappa shape index (κ3) is 3.10. The number of hydrogen-bond donors (Lipinski definition) is 0. The van der Waals surface area contributed by atoms with Gasteiger partial charge in [-0.2, -0.15) is 4.98 Å². The molecule has 10 heteroatoms. The molecule has 0 bridgehead atoms. The molecule has 1 fully saturated rings. The minimum Gasteiger partial charge on any atom is -0.334 e. The molecule has 30 heavy (non-hydrogen) atoms. The normalized spacial score (nSPS) is 18.8. The minimum atomic E-state index is -3.72. The number of rotatable bonds is 4. The highest BCUT2D eigenvalue weighted by molar-refractivity contribution is 7.94. The Labute approximate surface area is 178 Å². The third-order valence-corrected chi connectivity index (χ3v) is 8.84. The molecule has 2 aliphatic heterocycles. The summed E-state index contributed by atoms with van der Waals surface area (Å²) in [4.78, 5) is 18.3. The van der Waals surface area contributed by atoms with Gasteiger partial charge in [0.25, 0.3) is 10.0 Å². The fourth-order valence-corrected chi connectivity index (χ4v) is 6.99. The molecule has 4 heterocycles. The molecule has 0 N–H and O–H groups in total. The van der Waals surface area contributed by atoms with E-state index in [9.17, 15) is 13.2 Å². The SMILES string of the molecule is CC1Cc2ccccc2N1S(=O)(=O)c1cc(-c2noc(C(=O)N3CCCC3)n2)cs1. The van der Waals surface area contributed by atoms with Gasteiger partial charge in [0.05, 0.1) is 5.69 Å². The Morgan fingerprint density at radius 2 is 2.00 bits per heavy atom. The number of sulfonamides is 1. The van der Waals surface area contributed by atoms with Crippen molar-refractivity contribution in [3.05, 3.63) is 47.2 Å². The maximum atomic E-state index is 13.4. The summed E-state index contributed by atoms with van der Waals surface area (Å²) in [6.45, 7) is 3.28. The molecular formula is C20H20N4O4S2. The van der Waals surface area contributed by atoms with Gasteiger partial charge in [-0.3, -0.25) is 9.10 Å². The Bertz CT molecular complexity index is 1210. The molecule has 1 aromatic carbocycles. The van der Waals surface area contributed by atoms with Crippen molar-refractivity contribution in [2.75, 3.05) is 17.4 Å². The predicted molar refractivity (Wildman–Crippen MR) is 112 cm³/mol. The van der Waals surface area contributed by atoms with E-state index in [4.69, 9.17) is 4.52 Å². The van der Waals surface area contributed by atoms with Crippen LogP contribution in [0.1, 0.15) is 36.0 Å². The molecule has 0 spiro atoms. The van der Waals surface area contributed by atoms with Gasteiger partial charge in [0.1, 0.15) is 4.21 Å². The number of carbonyl (C=O) groups excluding carboxylic acids is 1. The van der Waals surface area contributed by atoms with Crippen molar-refractivity contribution in [2.24, 2.45) is 0 Å². The first-order chi connectivity index (χ1) is 14.4. The molecule has 0 saturated carbocycles. The number of fused-ring (bicyclic) bond motifs is 1. The summed E-state index contributed by atoms with van der Waals surface area (Å²) >= 11 is 1.11. The van der Waals surface area contributed by atoms with Crippen LogP contribution in [-0.2, 0) is 16.4 Å². The smallest absolute Gasteiger partial charge is 0.316 e. The molecule has 8 nitrogen and oxygen atoms in total. The number of thiophene rings is 1. The molecule has 1 unspecified atom stereocenters. The van der Waals surface area contributed by atoms with E-state index in [1.807, 2.05) is 31.2 Å². The van der Waals surface area contributed by atoms with E-state index < -0.39 is 10.0 Å². The number of amides is 1. The highest BCUT2D eigenvalue weighted by Gasteiger charge is 2.37. The van der Waals surface area contributed by atoms with Gasteiger partial charge in [0, 0.05) is 30.1 Å². The number of para-hydroxylation sites is 1. The Hall–Kier alpha value is -2.72. The largest absolute Gasteiger partial charge is 0.334 e. The van der Waals surface area contributed by atoms with Gasteiger partial charge in [-0.1, -0.05) is 23.4 Å². The molecule has 1 amide bonds. The zero-order valence-electron chi connectivity index (χ0n) is 16.3. The Morgan fingerprint density at radius 1 is 1.23 bits per heavy atom. The van der Waals surface area contributed by atoms with Gasteiger partial charge in [0.2, 0.25) is 5.82 Å². The van der Waals surface area contributed by atoms with Gasteiger partial charge >= 0.3 is 11.8 Å². The average molecular weight is 445 g/mol. The lowest BCUT2D eigenvalue weighted by Gasteiger charge is -2.23. The first-order valence-electron chi connectivity index (χ1n) is 9.79. The lowest BCUT2D eigenvalue weighted by atomic mass is 10.1. The summed E-state index contributed by atoms with van der Waals surface area (Å²) in [5, 5.41) is 5.56. The fraction of sp³-hybridized carbons (Fsp3) is 0.350. The van der Waals surface area contributed by atoms with E-state index in [0.717, 1.165) is 35.4 Å². The maximum Gasteiger partial charge on any atom is 0.316 e. The lowest BCUT2D eigenvalue weighted by Crippen LogP contribution is -2.35. The van der Waals surface area contributed by atoms with Gasteiger partial charge < -0.3 is 9.42 Å². The number of aromatic nitrogens is 2. The van der Waals surface area contributed by atoms with Crippen LogP contribution >= 0.6 is 11.3 Å². The molecule has 0 radical (unpaired) electrons. The summed E-state index contributed by atoms with van der Waals surface area (Å²) < 4.78 is 33.5. The highest BCUT2D eigenvalue weighted by atomic mass is 32.2. The molecule has 2 aromatic heterocycles. The quantitative estimate of drug-likeness (QED) is 0.613. The molecule has 0 aliphatic carbocycles. The molecular weight excluding hydrogens is 424 g/mol. The van der Waals surface area contributed by atoms with Crippen molar-refractivity contribution in [2.45, 2.75) is 36.4 Å². The van der Waals surface area contributed by atoms with Crippen molar-refractivity contribution >= 4 is 33.0 Å². The van der Waals surface area contributed by atoms with E-state index in [1.54, 1.807) is 16.3 Å². The van der Waals surface area contributed by atoms with Gasteiger partial charge in [-0.15, -0.1) is 11.3 Å². The average Bonchev–Trinajstić information content (AvgIpc) is 3.53. The second-order valence-corrected chi connectivity index (χ2v) is 10.5.